The van der Waals surface area contributed by atoms with Crippen molar-refractivity contribution in [3.8, 4) is 5.69 Å². The summed E-state index contributed by atoms with van der Waals surface area (Å²) in [6, 6.07) is 11.4. The lowest BCUT2D eigenvalue weighted by Gasteiger charge is -2.31. The van der Waals surface area contributed by atoms with Crippen molar-refractivity contribution >= 4 is 11.9 Å². The quantitative estimate of drug-likeness (QED) is 0.629. The van der Waals surface area contributed by atoms with E-state index < -0.39 is 11.9 Å². The maximum absolute atomic E-state index is 12.1. The van der Waals surface area contributed by atoms with Crippen molar-refractivity contribution in [1.29, 1.82) is 0 Å². The molecule has 156 valence electrons. The van der Waals surface area contributed by atoms with Crippen molar-refractivity contribution in [1.82, 2.24) is 14.7 Å². The number of ether oxygens (including phenoxy) is 1. The van der Waals surface area contributed by atoms with E-state index in [9.17, 15) is 9.59 Å². The topological polar surface area (TPSA) is 104 Å². The first-order valence-corrected chi connectivity index (χ1v) is 9.88. The van der Waals surface area contributed by atoms with Gasteiger partial charge in [-0.25, -0.2) is 9.48 Å². The minimum absolute atomic E-state index is 0.0845. The number of nitrogens with two attached hydrogens (primary N) is 1. The largest absolute Gasteiger partial charge is 0.467 e. The zero-order chi connectivity index (χ0) is 21.1. The van der Waals surface area contributed by atoms with E-state index in [-0.39, 0.29) is 5.92 Å². The van der Waals surface area contributed by atoms with Gasteiger partial charge in [0.2, 0.25) is 0 Å². The summed E-state index contributed by atoms with van der Waals surface area (Å²) in [6.45, 7) is 2.19. The number of rotatable bonds is 6. The van der Waals surface area contributed by atoms with E-state index in [1.165, 1.54) is 13.4 Å². The summed E-state index contributed by atoms with van der Waals surface area (Å²) in [6.07, 6.45) is 5.01. The van der Waals surface area contributed by atoms with Crippen LogP contribution >= 0.6 is 0 Å². The third-order valence-corrected chi connectivity index (χ3v) is 5.38. The highest BCUT2D eigenvalue weighted by Crippen LogP contribution is 2.30. The predicted octanol–water partition coefficient (Wildman–Crippen LogP) is 2.73. The van der Waals surface area contributed by atoms with Gasteiger partial charge in [0.1, 0.15) is 12.0 Å². The first-order chi connectivity index (χ1) is 14.5. The van der Waals surface area contributed by atoms with Crippen molar-refractivity contribution in [2.45, 2.75) is 25.3 Å². The van der Waals surface area contributed by atoms with Crippen molar-refractivity contribution < 1.29 is 18.7 Å². The number of esters is 1. The molecule has 1 fully saturated rings. The fourth-order valence-electron chi connectivity index (χ4n) is 3.92. The second-order valence-corrected chi connectivity index (χ2v) is 7.44. The number of hydrogen-bond donors (Lipinski definition) is 1. The number of amides is 1. The van der Waals surface area contributed by atoms with Gasteiger partial charge in [-0.2, -0.15) is 5.10 Å². The molecular weight excluding hydrogens is 384 g/mol. The average Bonchev–Trinajstić information content (AvgIpc) is 3.42. The Kier molecular flexibility index (Phi) is 5.67. The maximum Gasteiger partial charge on any atom is 0.341 e. The van der Waals surface area contributed by atoms with E-state index in [1.807, 2.05) is 30.3 Å². The van der Waals surface area contributed by atoms with Gasteiger partial charge in [0.15, 0.2) is 0 Å². The van der Waals surface area contributed by atoms with Gasteiger partial charge in [-0.15, -0.1) is 0 Å². The smallest absolute Gasteiger partial charge is 0.341 e. The summed E-state index contributed by atoms with van der Waals surface area (Å²) in [5.74, 6) is -0.112. The van der Waals surface area contributed by atoms with Crippen LogP contribution in [0.5, 0.6) is 0 Å². The molecule has 0 bridgehead atoms. The third kappa shape index (κ3) is 4.13. The average molecular weight is 408 g/mol. The lowest BCUT2D eigenvalue weighted by atomic mass is 9.92. The molecule has 2 aromatic heterocycles. The molecule has 3 heterocycles. The number of carbonyl (C=O) groups is 2. The van der Waals surface area contributed by atoms with Gasteiger partial charge in [-0.05, 0) is 37.6 Å². The van der Waals surface area contributed by atoms with Crippen LogP contribution in [0.15, 0.2) is 53.3 Å². The third-order valence-electron chi connectivity index (χ3n) is 5.38. The van der Waals surface area contributed by atoms with Gasteiger partial charge in [0, 0.05) is 18.7 Å². The Morgan fingerprint density at radius 2 is 2.10 bits per heavy atom. The predicted molar refractivity (Wildman–Crippen MR) is 109 cm³/mol. The molecule has 4 rings (SSSR count). The second-order valence-electron chi connectivity index (χ2n) is 7.44. The van der Waals surface area contributed by atoms with E-state index >= 15 is 0 Å². The number of para-hydroxylation sites is 1. The molecule has 1 aliphatic rings. The summed E-state index contributed by atoms with van der Waals surface area (Å²) in [5, 5.41) is 4.71. The zero-order valence-electron chi connectivity index (χ0n) is 16.8. The first-order valence-electron chi connectivity index (χ1n) is 9.88. The molecule has 8 heteroatoms. The number of methoxy groups -OCH3 is 1. The van der Waals surface area contributed by atoms with Crippen LogP contribution in [0.1, 0.15) is 50.9 Å². The molecule has 0 spiro atoms. The Morgan fingerprint density at radius 3 is 2.83 bits per heavy atom. The highest BCUT2D eigenvalue weighted by atomic mass is 16.5. The van der Waals surface area contributed by atoms with E-state index in [0.717, 1.165) is 37.3 Å². The zero-order valence-corrected chi connectivity index (χ0v) is 16.8. The summed E-state index contributed by atoms with van der Waals surface area (Å²) in [4.78, 5) is 25.9. The normalized spacial score (nSPS) is 17.0. The number of benzene rings is 1. The molecule has 1 atom stereocenters. The van der Waals surface area contributed by atoms with Crippen LogP contribution in [0.3, 0.4) is 0 Å². The van der Waals surface area contributed by atoms with Crippen LogP contribution in [-0.2, 0) is 11.3 Å². The Bertz CT molecular complexity index is 1040. The fraction of sp³-hybridized carbons (Fsp3) is 0.318. The summed E-state index contributed by atoms with van der Waals surface area (Å²) in [5.41, 5.74) is 8.11. The molecule has 0 saturated carbocycles. The standard InChI is InChI=1S/C22H24N4O4/c1-29-22(28)16-10-18(30-14-16)12-25-9-5-6-15(11-25)20-19(21(23)27)13-26(24-20)17-7-3-2-4-8-17/h2-4,7-8,10,13-15H,5-6,9,11-12H2,1H3,(H2,23,27)/t15-/m1/s1. The molecular formula is C22H24N4O4. The van der Waals surface area contributed by atoms with Crippen molar-refractivity contribution in [2.75, 3.05) is 20.2 Å². The van der Waals surface area contributed by atoms with Gasteiger partial charge in [0.05, 0.1) is 36.2 Å². The Hall–Kier alpha value is -3.39. The molecule has 0 unspecified atom stereocenters. The van der Waals surface area contributed by atoms with Gasteiger partial charge in [0.25, 0.3) is 5.91 Å². The van der Waals surface area contributed by atoms with Gasteiger partial charge in [-0.3, -0.25) is 9.69 Å². The van der Waals surface area contributed by atoms with Gasteiger partial charge >= 0.3 is 5.97 Å². The van der Waals surface area contributed by atoms with E-state index in [2.05, 4.69) is 4.90 Å². The van der Waals surface area contributed by atoms with Crippen molar-refractivity contribution in [3.63, 3.8) is 0 Å². The highest BCUT2D eigenvalue weighted by Gasteiger charge is 2.28. The number of furan rings is 1. The number of piperidine rings is 1. The van der Waals surface area contributed by atoms with Crippen LogP contribution in [0.2, 0.25) is 0 Å². The minimum atomic E-state index is -0.474. The highest BCUT2D eigenvalue weighted by molar-refractivity contribution is 5.94. The van der Waals surface area contributed by atoms with Gasteiger partial charge in [-0.1, -0.05) is 18.2 Å². The van der Waals surface area contributed by atoms with E-state index in [4.69, 9.17) is 20.0 Å². The SMILES string of the molecule is COC(=O)c1coc(CN2CCC[C@@H](c3nn(-c4ccccc4)cc3C(N)=O)C2)c1. The van der Waals surface area contributed by atoms with Crippen LogP contribution in [0.25, 0.3) is 5.69 Å². The summed E-state index contributed by atoms with van der Waals surface area (Å²) < 4.78 is 12.0. The van der Waals surface area contributed by atoms with Gasteiger partial charge < -0.3 is 14.9 Å². The monoisotopic (exact) mass is 408 g/mol. The van der Waals surface area contributed by atoms with E-state index in [0.29, 0.717) is 23.4 Å². The number of nitrogens with zero attached hydrogens (tertiary/aromatic N) is 3. The number of primary amides is 1. The van der Waals surface area contributed by atoms with Crippen LogP contribution < -0.4 is 5.73 Å². The molecule has 0 radical (unpaired) electrons. The molecule has 8 nitrogen and oxygen atoms in total. The van der Waals surface area contributed by atoms with Crippen LogP contribution in [0.4, 0.5) is 0 Å². The minimum Gasteiger partial charge on any atom is -0.467 e. The number of hydrogen-bond acceptors (Lipinski definition) is 6. The molecule has 2 N–H and O–H groups in total. The lowest BCUT2D eigenvalue weighted by molar-refractivity contribution is 0.0599. The Balaban J connectivity index is 1.53. The number of likely N-dealkylation sites (tertiary alicyclic amines) is 1. The van der Waals surface area contributed by atoms with Crippen molar-refractivity contribution in [3.05, 3.63) is 71.4 Å². The van der Waals surface area contributed by atoms with E-state index in [1.54, 1.807) is 16.9 Å². The molecule has 1 aliphatic heterocycles. The van der Waals surface area contributed by atoms with Crippen molar-refractivity contribution in [2.24, 2.45) is 5.73 Å². The summed E-state index contributed by atoms with van der Waals surface area (Å²) >= 11 is 0. The fourth-order valence-corrected chi connectivity index (χ4v) is 3.92. The lowest BCUT2D eigenvalue weighted by Crippen LogP contribution is -2.34. The molecule has 30 heavy (non-hydrogen) atoms. The maximum atomic E-state index is 12.1. The number of carbonyl (C=O) groups excluding carboxylic acids is 2. The first kappa shape index (κ1) is 19.9. The van der Waals surface area contributed by atoms with Crippen LogP contribution in [-0.4, -0.2) is 46.8 Å². The Morgan fingerprint density at radius 1 is 1.30 bits per heavy atom. The molecule has 1 amide bonds. The molecule has 1 saturated heterocycles. The molecule has 3 aromatic rings. The van der Waals surface area contributed by atoms with Crippen LogP contribution in [0, 0.1) is 0 Å². The molecule has 0 aliphatic carbocycles. The number of aromatic nitrogens is 2. The molecule has 1 aromatic carbocycles. The summed E-state index contributed by atoms with van der Waals surface area (Å²) in [7, 11) is 1.34. The Labute approximate surface area is 174 Å². The second kappa shape index (κ2) is 8.54.